The Morgan fingerprint density at radius 3 is 2.97 bits per heavy atom. The van der Waals surface area contributed by atoms with Crippen molar-refractivity contribution in [3.63, 3.8) is 0 Å². The molecule has 0 spiro atoms. The molecule has 0 bridgehead atoms. The van der Waals surface area contributed by atoms with Crippen molar-refractivity contribution in [3.8, 4) is 11.4 Å². The van der Waals surface area contributed by atoms with Crippen LogP contribution in [0.1, 0.15) is 38.5 Å². The summed E-state index contributed by atoms with van der Waals surface area (Å²) in [5.41, 5.74) is 1.32. The Morgan fingerprint density at radius 2 is 2.15 bits per heavy atom. The van der Waals surface area contributed by atoms with E-state index in [0.29, 0.717) is 48.1 Å². The van der Waals surface area contributed by atoms with Crippen molar-refractivity contribution in [2.75, 3.05) is 25.0 Å². The third-order valence-corrected chi connectivity index (χ3v) is 6.19. The normalized spacial score (nSPS) is 16.1. The third-order valence-electron chi connectivity index (χ3n) is 5.98. The smallest absolute Gasteiger partial charge is 0.303 e. The lowest BCUT2D eigenvalue weighted by molar-refractivity contribution is -0.137. The molecule has 0 unspecified atom stereocenters. The van der Waals surface area contributed by atoms with E-state index in [1.165, 1.54) is 0 Å². The average Bonchev–Trinajstić information content (AvgIpc) is 3.23. The highest BCUT2D eigenvalue weighted by Gasteiger charge is 2.23. The van der Waals surface area contributed by atoms with E-state index in [9.17, 15) is 14.0 Å². The highest BCUT2D eigenvalue weighted by atomic mass is 35.5. The van der Waals surface area contributed by atoms with Crippen molar-refractivity contribution in [2.24, 2.45) is 5.92 Å². The van der Waals surface area contributed by atoms with Crippen LogP contribution >= 0.6 is 11.6 Å². The SMILES string of the molecule is O=C(O)CCCC(=O)N1CCC[C@@H](CCNc2nc(-c3c[nH]c4ncc(Cl)cc34)ncc2F)C1. The zero-order valence-electron chi connectivity index (χ0n) is 18.6. The van der Waals surface area contributed by atoms with Crippen LogP contribution in [0.25, 0.3) is 22.4 Å². The molecule has 1 saturated heterocycles. The van der Waals surface area contributed by atoms with Gasteiger partial charge < -0.3 is 20.3 Å². The molecule has 3 aromatic heterocycles. The standard InChI is InChI=1S/C23H26ClFN6O3/c24-15-9-16-17(11-28-21(16)27-10-15)22-29-12-18(25)23(30-22)26-7-6-14-3-2-8-31(13-14)19(32)4-1-5-20(33)34/h9-12,14H,1-8,13H2,(H,27,28)(H,33,34)(H,26,29,30)/t14-/m0/s1. The molecule has 34 heavy (non-hydrogen) atoms. The summed E-state index contributed by atoms with van der Waals surface area (Å²) >= 11 is 6.06. The number of amides is 1. The fourth-order valence-electron chi connectivity index (χ4n) is 4.25. The number of fused-ring (bicyclic) bond motifs is 1. The molecule has 11 heteroatoms. The van der Waals surface area contributed by atoms with Gasteiger partial charge in [-0.05, 0) is 37.7 Å². The van der Waals surface area contributed by atoms with Crippen molar-refractivity contribution in [2.45, 2.75) is 38.5 Å². The Labute approximate surface area is 200 Å². The van der Waals surface area contributed by atoms with Crippen molar-refractivity contribution in [3.05, 3.63) is 35.5 Å². The van der Waals surface area contributed by atoms with Crippen LogP contribution in [0, 0.1) is 11.7 Å². The summed E-state index contributed by atoms with van der Waals surface area (Å²) in [4.78, 5) is 40.6. The van der Waals surface area contributed by atoms with Gasteiger partial charge in [0.15, 0.2) is 17.5 Å². The number of hydrogen-bond donors (Lipinski definition) is 3. The molecule has 1 aliphatic heterocycles. The number of aromatic nitrogens is 4. The van der Waals surface area contributed by atoms with Crippen LogP contribution in [0.15, 0.2) is 24.7 Å². The average molecular weight is 489 g/mol. The van der Waals surface area contributed by atoms with E-state index in [0.717, 1.165) is 30.8 Å². The fraction of sp³-hybridized carbons (Fsp3) is 0.435. The van der Waals surface area contributed by atoms with Crippen LogP contribution in [0.3, 0.4) is 0 Å². The second-order valence-electron chi connectivity index (χ2n) is 8.45. The van der Waals surface area contributed by atoms with Crippen molar-refractivity contribution >= 4 is 40.3 Å². The van der Waals surface area contributed by atoms with Crippen molar-refractivity contribution in [1.29, 1.82) is 0 Å². The summed E-state index contributed by atoms with van der Waals surface area (Å²) in [6.45, 7) is 1.83. The minimum atomic E-state index is -0.888. The maximum atomic E-state index is 14.4. The molecule has 0 radical (unpaired) electrons. The number of hydrogen-bond acceptors (Lipinski definition) is 6. The van der Waals surface area contributed by atoms with Crippen molar-refractivity contribution < 1.29 is 19.1 Å². The van der Waals surface area contributed by atoms with Gasteiger partial charge in [-0.2, -0.15) is 0 Å². The molecule has 3 aromatic rings. The number of halogens is 2. The lowest BCUT2D eigenvalue weighted by Crippen LogP contribution is -2.40. The number of aliphatic carboxylic acids is 1. The van der Waals surface area contributed by atoms with Crippen LogP contribution in [-0.2, 0) is 9.59 Å². The molecule has 1 atom stereocenters. The highest BCUT2D eigenvalue weighted by Crippen LogP contribution is 2.28. The van der Waals surface area contributed by atoms with Crippen molar-refractivity contribution in [1.82, 2.24) is 24.8 Å². The summed E-state index contributed by atoms with van der Waals surface area (Å²) in [6.07, 6.45) is 7.64. The van der Waals surface area contributed by atoms with Crippen LogP contribution in [0.5, 0.6) is 0 Å². The monoisotopic (exact) mass is 488 g/mol. The molecule has 1 amide bonds. The van der Waals surface area contributed by atoms with E-state index in [1.54, 1.807) is 18.5 Å². The second kappa shape index (κ2) is 10.8. The lowest BCUT2D eigenvalue weighted by atomic mass is 9.94. The molecule has 180 valence electrons. The van der Waals surface area contributed by atoms with Gasteiger partial charge in [-0.15, -0.1) is 0 Å². The number of anilines is 1. The number of piperidine rings is 1. The van der Waals surface area contributed by atoms with Crippen LogP contribution in [0.4, 0.5) is 10.2 Å². The number of carboxylic acid groups (broad SMARTS) is 1. The second-order valence-corrected chi connectivity index (χ2v) is 8.89. The number of carbonyl (C=O) groups is 2. The Bertz CT molecular complexity index is 1190. The molecule has 0 aromatic carbocycles. The molecule has 0 saturated carbocycles. The van der Waals surface area contributed by atoms with Crippen LogP contribution in [-0.4, -0.2) is 61.5 Å². The number of nitrogens with zero attached hydrogens (tertiary/aromatic N) is 4. The molecular weight excluding hydrogens is 463 g/mol. The first-order chi connectivity index (χ1) is 16.4. The van der Waals surface area contributed by atoms with Gasteiger partial charge in [0, 0.05) is 55.8 Å². The molecule has 4 heterocycles. The number of H-pyrrole nitrogens is 1. The summed E-state index contributed by atoms with van der Waals surface area (Å²) in [7, 11) is 0. The molecule has 9 nitrogen and oxygen atoms in total. The molecular formula is C23H26ClFN6O3. The zero-order chi connectivity index (χ0) is 24.1. The van der Waals surface area contributed by atoms with Gasteiger partial charge in [0.1, 0.15) is 5.65 Å². The Kier molecular flexibility index (Phi) is 7.56. The minimum absolute atomic E-state index is 0.00119. The van der Waals surface area contributed by atoms with Gasteiger partial charge >= 0.3 is 5.97 Å². The number of pyridine rings is 1. The topological polar surface area (TPSA) is 124 Å². The van der Waals surface area contributed by atoms with E-state index in [1.807, 2.05) is 4.90 Å². The van der Waals surface area contributed by atoms with Gasteiger partial charge in [0.05, 0.1) is 11.2 Å². The van der Waals surface area contributed by atoms with Gasteiger partial charge in [-0.25, -0.2) is 19.3 Å². The number of likely N-dealkylation sites (tertiary alicyclic amines) is 1. The largest absolute Gasteiger partial charge is 0.481 e. The number of aromatic amines is 1. The maximum Gasteiger partial charge on any atom is 0.303 e. The number of nitrogens with one attached hydrogen (secondary N) is 2. The zero-order valence-corrected chi connectivity index (χ0v) is 19.3. The number of rotatable bonds is 9. The first-order valence-corrected chi connectivity index (χ1v) is 11.7. The van der Waals surface area contributed by atoms with E-state index < -0.39 is 11.8 Å². The van der Waals surface area contributed by atoms with Crippen LogP contribution in [0.2, 0.25) is 5.02 Å². The highest BCUT2D eigenvalue weighted by molar-refractivity contribution is 6.31. The Balaban J connectivity index is 1.34. The summed E-state index contributed by atoms with van der Waals surface area (Å²) in [6, 6.07) is 1.76. The fourth-order valence-corrected chi connectivity index (χ4v) is 4.41. The van der Waals surface area contributed by atoms with Gasteiger partial charge in [-0.1, -0.05) is 11.6 Å². The summed E-state index contributed by atoms with van der Waals surface area (Å²) in [5.74, 6) is -0.671. The quantitative estimate of drug-likeness (QED) is 0.414. The van der Waals surface area contributed by atoms with E-state index in [4.69, 9.17) is 16.7 Å². The van der Waals surface area contributed by atoms with Crippen LogP contribution < -0.4 is 5.32 Å². The molecule has 1 fully saturated rings. The molecule has 3 N–H and O–H groups in total. The Morgan fingerprint density at radius 1 is 1.29 bits per heavy atom. The first-order valence-electron chi connectivity index (χ1n) is 11.3. The van der Waals surface area contributed by atoms with E-state index in [-0.39, 0.29) is 30.5 Å². The van der Waals surface area contributed by atoms with Gasteiger partial charge in [0.25, 0.3) is 0 Å². The molecule has 1 aliphatic rings. The molecule has 0 aliphatic carbocycles. The predicted molar refractivity (Wildman–Crippen MR) is 126 cm³/mol. The van der Waals surface area contributed by atoms with Gasteiger partial charge in [0.2, 0.25) is 5.91 Å². The van der Waals surface area contributed by atoms with Gasteiger partial charge in [-0.3, -0.25) is 9.59 Å². The van der Waals surface area contributed by atoms with E-state index >= 15 is 0 Å². The van der Waals surface area contributed by atoms with E-state index in [2.05, 4.69) is 25.3 Å². The summed E-state index contributed by atoms with van der Waals surface area (Å²) < 4.78 is 14.4. The predicted octanol–water partition coefficient (Wildman–Crippen LogP) is 4.11. The maximum absolute atomic E-state index is 14.4. The minimum Gasteiger partial charge on any atom is -0.481 e. The third kappa shape index (κ3) is 5.80. The number of carbonyl (C=O) groups excluding carboxylic acids is 1. The number of carboxylic acids is 1. The lowest BCUT2D eigenvalue weighted by Gasteiger charge is -2.33. The Hall–Kier alpha value is -3.27. The first kappa shape index (κ1) is 23.9. The summed E-state index contributed by atoms with van der Waals surface area (Å²) in [5, 5.41) is 13.0. The molecule has 4 rings (SSSR count).